The van der Waals surface area contributed by atoms with Crippen molar-refractivity contribution < 1.29 is 14.7 Å². The molecule has 0 spiro atoms. The number of benzene rings is 2. The summed E-state index contributed by atoms with van der Waals surface area (Å²) < 4.78 is 0. The Labute approximate surface area is 129 Å². The zero-order chi connectivity index (χ0) is 15.5. The Morgan fingerprint density at radius 2 is 1.50 bits per heavy atom. The first-order chi connectivity index (χ1) is 10.6. The van der Waals surface area contributed by atoms with Gasteiger partial charge in [0.15, 0.2) is 0 Å². The van der Waals surface area contributed by atoms with Crippen molar-refractivity contribution in [1.29, 1.82) is 0 Å². The lowest BCUT2D eigenvalue weighted by Crippen LogP contribution is -2.27. The van der Waals surface area contributed by atoms with Gasteiger partial charge in [-0.25, -0.2) is 4.79 Å². The fourth-order valence-corrected chi connectivity index (χ4v) is 2.77. The van der Waals surface area contributed by atoms with Crippen molar-refractivity contribution in [2.24, 2.45) is 0 Å². The minimum atomic E-state index is -1.02. The van der Waals surface area contributed by atoms with Crippen LogP contribution in [0, 0.1) is 0 Å². The number of nitrogens with zero attached hydrogens (tertiary/aromatic N) is 1. The molecule has 1 fully saturated rings. The fraction of sp³-hybridized carbons (Fsp3) is 0.222. The number of hydrogen-bond acceptors (Lipinski definition) is 2. The first kappa shape index (κ1) is 14.3. The third-order valence-corrected chi connectivity index (χ3v) is 3.93. The number of carboxylic acids is 1. The van der Waals surface area contributed by atoms with Gasteiger partial charge in [0.05, 0.1) is 5.56 Å². The third kappa shape index (κ3) is 2.86. The number of aromatic carboxylic acids is 1. The summed E-state index contributed by atoms with van der Waals surface area (Å²) in [5.74, 6) is -1.11. The van der Waals surface area contributed by atoms with Crippen molar-refractivity contribution in [2.45, 2.75) is 12.8 Å². The molecule has 4 heteroatoms. The van der Waals surface area contributed by atoms with Crippen LogP contribution in [-0.4, -0.2) is 35.0 Å². The van der Waals surface area contributed by atoms with Crippen LogP contribution in [0.4, 0.5) is 0 Å². The largest absolute Gasteiger partial charge is 0.478 e. The molecule has 0 aromatic heterocycles. The van der Waals surface area contributed by atoms with Crippen LogP contribution in [0.5, 0.6) is 0 Å². The lowest BCUT2D eigenvalue weighted by atomic mass is 9.99. The highest BCUT2D eigenvalue weighted by atomic mass is 16.4. The molecular formula is C18H17NO3. The molecule has 1 amide bonds. The second-order valence-electron chi connectivity index (χ2n) is 5.47. The summed E-state index contributed by atoms with van der Waals surface area (Å²) in [5, 5.41) is 9.30. The molecule has 1 aliphatic heterocycles. The topological polar surface area (TPSA) is 57.6 Å². The normalized spacial score (nSPS) is 14.1. The predicted octanol–water partition coefficient (Wildman–Crippen LogP) is 3.29. The molecule has 0 saturated carbocycles. The van der Waals surface area contributed by atoms with Crippen LogP contribution in [0.3, 0.4) is 0 Å². The van der Waals surface area contributed by atoms with Gasteiger partial charge in [0.2, 0.25) is 0 Å². The molecule has 4 nitrogen and oxygen atoms in total. The minimum absolute atomic E-state index is 0.0854. The molecule has 2 aromatic rings. The second kappa shape index (κ2) is 6.02. The quantitative estimate of drug-likeness (QED) is 0.945. The standard InChI is InChI=1S/C18H17NO3/c20-17(19-8-4-5-9-19)15-10-14(11-16(12-15)18(21)22)13-6-2-1-3-7-13/h1-3,6-7,10-12H,4-5,8-9H2,(H,21,22). The van der Waals surface area contributed by atoms with E-state index in [9.17, 15) is 14.7 Å². The fourth-order valence-electron chi connectivity index (χ4n) is 2.77. The lowest BCUT2D eigenvalue weighted by Gasteiger charge is -2.16. The van der Waals surface area contributed by atoms with Crippen LogP contribution in [-0.2, 0) is 0 Å². The number of amides is 1. The van der Waals surface area contributed by atoms with Crippen molar-refractivity contribution in [1.82, 2.24) is 4.90 Å². The number of likely N-dealkylation sites (tertiary alicyclic amines) is 1. The molecule has 2 aromatic carbocycles. The summed E-state index contributed by atoms with van der Waals surface area (Å²) in [4.78, 5) is 25.7. The lowest BCUT2D eigenvalue weighted by molar-refractivity contribution is 0.0697. The summed E-state index contributed by atoms with van der Waals surface area (Å²) >= 11 is 0. The first-order valence-corrected chi connectivity index (χ1v) is 7.38. The number of carbonyl (C=O) groups excluding carboxylic acids is 1. The van der Waals surface area contributed by atoms with Gasteiger partial charge in [-0.1, -0.05) is 30.3 Å². The molecule has 1 saturated heterocycles. The van der Waals surface area contributed by atoms with Gasteiger partial charge in [0.1, 0.15) is 0 Å². The SMILES string of the molecule is O=C(O)c1cc(C(=O)N2CCCC2)cc(-c2ccccc2)c1. The van der Waals surface area contributed by atoms with Crippen LogP contribution in [0.1, 0.15) is 33.6 Å². The molecule has 0 unspecified atom stereocenters. The molecule has 112 valence electrons. The van der Waals surface area contributed by atoms with E-state index in [-0.39, 0.29) is 11.5 Å². The highest BCUT2D eigenvalue weighted by Crippen LogP contribution is 2.24. The zero-order valence-electron chi connectivity index (χ0n) is 12.2. The monoisotopic (exact) mass is 295 g/mol. The Hall–Kier alpha value is -2.62. The van der Waals surface area contributed by atoms with E-state index in [1.54, 1.807) is 17.0 Å². The van der Waals surface area contributed by atoms with E-state index in [0.717, 1.165) is 37.1 Å². The summed E-state index contributed by atoms with van der Waals surface area (Å²) in [5.41, 5.74) is 2.24. The Morgan fingerprint density at radius 1 is 0.864 bits per heavy atom. The molecule has 0 bridgehead atoms. The van der Waals surface area contributed by atoms with Gasteiger partial charge in [-0.05, 0) is 42.2 Å². The minimum Gasteiger partial charge on any atom is -0.478 e. The van der Waals surface area contributed by atoms with Crippen molar-refractivity contribution in [3.63, 3.8) is 0 Å². The second-order valence-corrected chi connectivity index (χ2v) is 5.47. The van der Waals surface area contributed by atoms with E-state index in [1.165, 1.54) is 6.07 Å². The molecule has 0 radical (unpaired) electrons. The summed E-state index contributed by atoms with van der Waals surface area (Å²) in [7, 11) is 0. The van der Waals surface area contributed by atoms with Crippen molar-refractivity contribution in [2.75, 3.05) is 13.1 Å². The van der Waals surface area contributed by atoms with Gasteiger partial charge in [-0.15, -0.1) is 0 Å². The smallest absolute Gasteiger partial charge is 0.335 e. The summed E-state index contributed by atoms with van der Waals surface area (Å²) in [6.45, 7) is 1.49. The maximum atomic E-state index is 12.5. The highest BCUT2D eigenvalue weighted by molar-refractivity contribution is 5.99. The van der Waals surface area contributed by atoms with Crippen LogP contribution in [0.15, 0.2) is 48.5 Å². The van der Waals surface area contributed by atoms with Crippen molar-refractivity contribution in [3.8, 4) is 11.1 Å². The van der Waals surface area contributed by atoms with Gasteiger partial charge < -0.3 is 10.0 Å². The maximum Gasteiger partial charge on any atom is 0.335 e. The molecule has 0 aliphatic carbocycles. The van der Waals surface area contributed by atoms with E-state index in [1.807, 2.05) is 30.3 Å². The average molecular weight is 295 g/mol. The Morgan fingerprint density at radius 3 is 2.14 bits per heavy atom. The van der Waals surface area contributed by atoms with Gasteiger partial charge in [0.25, 0.3) is 5.91 Å². The van der Waals surface area contributed by atoms with E-state index in [2.05, 4.69) is 0 Å². The number of hydrogen-bond donors (Lipinski definition) is 1. The van der Waals surface area contributed by atoms with Crippen LogP contribution >= 0.6 is 0 Å². The Balaban J connectivity index is 2.04. The van der Waals surface area contributed by atoms with Crippen LogP contribution in [0.25, 0.3) is 11.1 Å². The summed E-state index contributed by atoms with van der Waals surface area (Å²) in [6, 6.07) is 14.4. The van der Waals surface area contributed by atoms with E-state index >= 15 is 0 Å². The van der Waals surface area contributed by atoms with Gasteiger partial charge in [0, 0.05) is 18.7 Å². The third-order valence-electron chi connectivity index (χ3n) is 3.93. The molecule has 0 atom stereocenters. The van der Waals surface area contributed by atoms with Crippen LogP contribution in [0.2, 0.25) is 0 Å². The highest BCUT2D eigenvalue weighted by Gasteiger charge is 2.21. The Bertz CT molecular complexity index is 704. The average Bonchev–Trinajstić information content (AvgIpc) is 3.09. The molecule has 22 heavy (non-hydrogen) atoms. The van der Waals surface area contributed by atoms with Crippen molar-refractivity contribution in [3.05, 3.63) is 59.7 Å². The van der Waals surface area contributed by atoms with E-state index in [0.29, 0.717) is 5.56 Å². The molecule has 1 heterocycles. The van der Waals surface area contributed by atoms with E-state index < -0.39 is 5.97 Å². The Kier molecular flexibility index (Phi) is 3.92. The molecule has 1 N–H and O–H groups in total. The predicted molar refractivity (Wildman–Crippen MR) is 84.0 cm³/mol. The molecule has 3 rings (SSSR count). The number of carboxylic acid groups (broad SMARTS) is 1. The number of rotatable bonds is 3. The van der Waals surface area contributed by atoms with Gasteiger partial charge in [-0.2, -0.15) is 0 Å². The maximum absolute atomic E-state index is 12.5. The first-order valence-electron chi connectivity index (χ1n) is 7.38. The van der Waals surface area contributed by atoms with Gasteiger partial charge >= 0.3 is 5.97 Å². The summed E-state index contributed by atoms with van der Waals surface area (Å²) in [6.07, 6.45) is 2.02. The van der Waals surface area contributed by atoms with E-state index in [4.69, 9.17) is 0 Å². The van der Waals surface area contributed by atoms with Crippen LogP contribution < -0.4 is 0 Å². The molecule has 1 aliphatic rings. The van der Waals surface area contributed by atoms with Gasteiger partial charge in [-0.3, -0.25) is 4.79 Å². The number of carbonyl (C=O) groups is 2. The zero-order valence-corrected chi connectivity index (χ0v) is 12.2. The van der Waals surface area contributed by atoms with Crippen molar-refractivity contribution >= 4 is 11.9 Å². The molecular weight excluding hydrogens is 278 g/mol.